The van der Waals surface area contributed by atoms with Gasteiger partial charge in [-0.2, -0.15) is 13.2 Å². The van der Waals surface area contributed by atoms with E-state index in [-0.39, 0.29) is 6.61 Å². The number of nitrogens with zero attached hydrogens (tertiary/aromatic N) is 1. The maximum absolute atomic E-state index is 13.0. The third-order valence-electron chi connectivity index (χ3n) is 3.86. The standard InChI is InChI=1S/C14H17F3N2O5/c1-23-7-10(11-3-2-4-24-11)18-13(22)19-5-8(12(20)21)9(6-19)14(15,16)17/h2-4,8-10H,5-7H2,1H3,(H,18,22)(H,20,21)/t8-,9-,10?/m1/s1. The van der Waals surface area contributed by atoms with E-state index >= 15 is 0 Å². The highest BCUT2D eigenvalue weighted by Crippen LogP contribution is 2.37. The quantitative estimate of drug-likeness (QED) is 0.846. The molecule has 0 spiro atoms. The highest BCUT2D eigenvalue weighted by molar-refractivity contribution is 5.78. The molecule has 0 aromatic carbocycles. The van der Waals surface area contributed by atoms with Crippen LogP contribution in [0.25, 0.3) is 0 Å². The van der Waals surface area contributed by atoms with E-state index in [1.807, 2.05) is 0 Å². The number of ether oxygens (including phenoxy) is 1. The molecule has 7 nitrogen and oxygen atoms in total. The Morgan fingerprint density at radius 3 is 2.67 bits per heavy atom. The first-order chi connectivity index (χ1) is 11.2. The third kappa shape index (κ3) is 3.99. The molecule has 0 aliphatic carbocycles. The minimum absolute atomic E-state index is 0.0537. The maximum Gasteiger partial charge on any atom is 0.394 e. The molecule has 134 valence electrons. The van der Waals surface area contributed by atoms with Crippen molar-refractivity contribution in [2.45, 2.75) is 12.2 Å². The molecule has 0 radical (unpaired) electrons. The number of carbonyl (C=O) groups excluding carboxylic acids is 1. The molecular weight excluding hydrogens is 333 g/mol. The fraction of sp³-hybridized carbons (Fsp3) is 0.571. The summed E-state index contributed by atoms with van der Waals surface area (Å²) >= 11 is 0. The molecule has 10 heteroatoms. The van der Waals surface area contributed by atoms with Crippen molar-refractivity contribution in [3.05, 3.63) is 24.2 Å². The van der Waals surface area contributed by atoms with Gasteiger partial charge in [0, 0.05) is 20.2 Å². The Hall–Kier alpha value is -2.23. The first-order valence-electron chi connectivity index (χ1n) is 7.11. The van der Waals surface area contributed by atoms with Crippen molar-refractivity contribution >= 4 is 12.0 Å². The van der Waals surface area contributed by atoms with Crippen molar-refractivity contribution in [1.82, 2.24) is 10.2 Å². The van der Waals surface area contributed by atoms with Gasteiger partial charge in [0.1, 0.15) is 11.8 Å². The number of carboxylic acids is 1. The van der Waals surface area contributed by atoms with Crippen LogP contribution < -0.4 is 5.32 Å². The topological polar surface area (TPSA) is 92.0 Å². The zero-order chi connectivity index (χ0) is 17.9. The maximum atomic E-state index is 13.0. The van der Waals surface area contributed by atoms with Gasteiger partial charge in [0.05, 0.1) is 24.7 Å². The Labute approximate surface area is 135 Å². The number of carboxylic acid groups (broad SMARTS) is 1. The van der Waals surface area contributed by atoms with E-state index in [4.69, 9.17) is 14.3 Å². The number of amides is 2. The van der Waals surface area contributed by atoms with Gasteiger partial charge in [-0.15, -0.1) is 0 Å². The van der Waals surface area contributed by atoms with Gasteiger partial charge >= 0.3 is 18.2 Å². The Morgan fingerprint density at radius 2 is 2.21 bits per heavy atom. The predicted molar refractivity (Wildman–Crippen MR) is 74.1 cm³/mol. The summed E-state index contributed by atoms with van der Waals surface area (Å²) in [6.07, 6.45) is -3.30. The molecule has 1 fully saturated rings. The summed E-state index contributed by atoms with van der Waals surface area (Å²) in [6, 6.07) is 1.70. The Kier molecular flexibility index (Phi) is 5.37. The molecule has 1 saturated heterocycles. The average molecular weight is 350 g/mol. The molecule has 1 aromatic heterocycles. The number of alkyl halides is 3. The number of aliphatic carboxylic acids is 1. The number of halogens is 3. The van der Waals surface area contributed by atoms with Gasteiger partial charge in [0.15, 0.2) is 0 Å². The fourth-order valence-electron chi connectivity index (χ4n) is 2.64. The Morgan fingerprint density at radius 1 is 1.50 bits per heavy atom. The van der Waals surface area contributed by atoms with Crippen LogP contribution >= 0.6 is 0 Å². The van der Waals surface area contributed by atoms with Gasteiger partial charge in [-0.1, -0.05) is 0 Å². The van der Waals surface area contributed by atoms with Crippen molar-refractivity contribution < 1.29 is 37.0 Å². The number of furan rings is 1. The number of hydrogen-bond donors (Lipinski definition) is 2. The first kappa shape index (κ1) is 18.1. The van der Waals surface area contributed by atoms with Crippen LogP contribution in [0.1, 0.15) is 11.8 Å². The van der Waals surface area contributed by atoms with Gasteiger partial charge in [-0.05, 0) is 12.1 Å². The van der Waals surface area contributed by atoms with E-state index in [1.165, 1.54) is 13.4 Å². The van der Waals surface area contributed by atoms with E-state index in [0.29, 0.717) is 5.76 Å². The molecule has 0 saturated carbocycles. The van der Waals surface area contributed by atoms with Crippen LogP contribution in [-0.4, -0.2) is 55.0 Å². The summed E-state index contributed by atoms with van der Waals surface area (Å²) in [5.41, 5.74) is 0. The lowest BCUT2D eigenvalue weighted by Crippen LogP contribution is -2.42. The second-order valence-electron chi connectivity index (χ2n) is 5.47. The summed E-state index contributed by atoms with van der Waals surface area (Å²) < 4.78 is 49.0. The normalized spacial score (nSPS) is 22.4. The lowest BCUT2D eigenvalue weighted by Gasteiger charge is -2.22. The van der Waals surface area contributed by atoms with Crippen molar-refractivity contribution in [2.75, 3.05) is 26.8 Å². The van der Waals surface area contributed by atoms with Crippen LogP contribution in [0, 0.1) is 11.8 Å². The van der Waals surface area contributed by atoms with Crippen LogP contribution in [0.15, 0.2) is 22.8 Å². The molecule has 2 N–H and O–H groups in total. The number of nitrogens with one attached hydrogen (secondary N) is 1. The Bertz CT molecular complexity index is 575. The predicted octanol–water partition coefficient (Wildman–Crippen LogP) is 1.87. The molecule has 1 aliphatic rings. The molecule has 1 unspecified atom stereocenters. The summed E-state index contributed by atoms with van der Waals surface area (Å²) in [4.78, 5) is 24.1. The summed E-state index contributed by atoms with van der Waals surface area (Å²) in [5, 5.41) is 11.5. The van der Waals surface area contributed by atoms with E-state index < -0.39 is 49.1 Å². The Balaban J connectivity index is 2.08. The second kappa shape index (κ2) is 7.12. The van der Waals surface area contributed by atoms with Crippen LogP contribution in [-0.2, 0) is 9.53 Å². The third-order valence-corrected chi connectivity index (χ3v) is 3.86. The van der Waals surface area contributed by atoms with Gasteiger partial charge in [-0.25, -0.2) is 4.79 Å². The smallest absolute Gasteiger partial charge is 0.394 e. The van der Waals surface area contributed by atoms with Crippen LogP contribution in [0.3, 0.4) is 0 Å². The number of carbonyl (C=O) groups is 2. The van der Waals surface area contributed by atoms with Crippen molar-refractivity contribution in [3.8, 4) is 0 Å². The number of likely N-dealkylation sites (tertiary alicyclic amines) is 1. The van der Waals surface area contributed by atoms with Crippen molar-refractivity contribution in [2.24, 2.45) is 11.8 Å². The lowest BCUT2D eigenvalue weighted by atomic mass is 9.96. The van der Waals surface area contributed by atoms with Crippen molar-refractivity contribution in [3.63, 3.8) is 0 Å². The van der Waals surface area contributed by atoms with E-state index in [9.17, 15) is 22.8 Å². The van der Waals surface area contributed by atoms with Crippen molar-refractivity contribution in [1.29, 1.82) is 0 Å². The highest BCUT2D eigenvalue weighted by atomic mass is 19.4. The monoisotopic (exact) mass is 350 g/mol. The van der Waals surface area contributed by atoms with Gasteiger partial charge < -0.3 is 24.5 Å². The van der Waals surface area contributed by atoms with Gasteiger partial charge in [-0.3, -0.25) is 4.79 Å². The number of rotatable bonds is 5. The molecule has 2 rings (SSSR count). The molecule has 2 heterocycles. The molecule has 24 heavy (non-hydrogen) atoms. The number of urea groups is 1. The number of methoxy groups -OCH3 is 1. The fourth-order valence-corrected chi connectivity index (χ4v) is 2.64. The second-order valence-corrected chi connectivity index (χ2v) is 5.47. The summed E-state index contributed by atoms with van der Waals surface area (Å²) in [6.45, 7) is -1.16. The largest absolute Gasteiger partial charge is 0.481 e. The van der Waals surface area contributed by atoms with E-state index in [0.717, 1.165) is 4.90 Å². The summed E-state index contributed by atoms with van der Waals surface area (Å²) in [7, 11) is 1.40. The minimum Gasteiger partial charge on any atom is -0.481 e. The van der Waals surface area contributed by atoms with E-state index in [2.05, 4.69) is 5.32 Å². The molecule has 2 amide bonds. The SMILES string of the molecule is COCC(NC(=O)N1C[C@@H](C(F)(F)F)[C@H](C(=O)O)C1)c1ccco1. The molecular formula is C14H17F3N2O5. The average Bonchev–Trinajstić information content (AvgIpc) is 3.15. The first-order valence-corrected chi connectivity index (χ1v) is 7.11. The van der Waals surface area contributed by atoms with E-state index in [1.54, 1.807) is 12.1 Å². The minimum atomic E-state index is -4.69. The van der Waals surface area contributed by atoms with Crippen LogP contribution in [0.4, 0.5) is 18.0 Å². The van der Waals surface area contributed by atoms with Crippen LogP contribution in [0.5, 0.6) is 0 Å². The number of hydrogen-bond acceptors (Lipinski definition) is 4. The highest BCUT2D eigenvalue weighted by Gasteiger charge is 2.53. The zero-order valence-electron chi connectivity index (χ0n) is 12.7. The molecule has 1 aromatic rings. The van der Waals surface area contributed by atoms with Crippen LogP contribution in [0.2, 0.25) is 0 Å². The zero-order valence-corrected chi connectivity index (χ0v) is 12.7. The molecule has 3 atom stereocenters. The van der Waals surface area contributed by atoms with Gasteiger partial charge in [0.2, 0.25) is 0 Å². The molecule has 0 bridgehead atoms. The summed E-state index contributed by atoms with van der Waals surface area (Å²) in [5.74, 6) is -4.97. The molecule has 1 aliphatic heterocycles. The van der Waals surface area contributed by atoms with Gasteiger partial charge in [0.25, 0.3) is 0 Å². The lowest BCUT2D eigenvalue weighted by molar-refractivity contribution is -0.187.